The van der Waals surface area contributed by atoms with Crippen molar-refractivity contribution in [3.05, 3.63) is 24.1 Å². The van der Waals surface area contributed by atoms with E-state index in [9.17, 15) is 12.8 Å². The zero-order valence-corrected chi connectivity index (χ0v) is 10.6. The zero-order valence-electron chi connectivity index (χ0n) is 9.80. The van der Waals surface area contributed by atoms with E-state index in [0.717, 1.165) is 0 Å². The van der Waals surface area contributed by atoms with E-state index in [4.69, 9.17) is 0 Å². The minimum atomic E-state index is -3.01. The fourth-order valence-corrected chi connectivity index (χ4v) is 2.10. The number of rotatable bonds is 5. The number of aromatic nitrogens is 3. The maximum absolute atomic E-state index is 12.9. The fraction of sp³-hybridized carbons (Fsp3) is 0.400. The number of fused-ring (bicyclic) bond motifs is 1. The summed E-state index contributed by atoms with van der Waals surface area (Å²) >= 11 is 0. The summed E-state index contributed by atoms with van der Waals surface area (Å²) in [6.07, 6.45) is 1.20. The number of nitrogens with zero attached hydrogens (tertiary/aromatic N) is 3. The summed E-state index contributed by atoms with van der Waals surface area (Å²) in [5.41, 5.74) is 0.497. The Morgan fingerprint density at radius 1 is 1.44 bits per heavy atom. The fourth-order valence-electron chi connectivity index (χ4n) is 1.40. The molecule has 2 aromatic rings. The summed E-state index contributed by atoms with van der Waals surface area (Å²) in [6, 6.07) is 2.78. The quantitative estimate of drug-likeness (QED) is 0.867. The predicted octanol–water partition coefficient (Wildman–Crippen LogP) is 0.715. The van der Waals surface area contributed by atoms with Gasteiger partial charge >= 0.3 is 0 Å². The molecule has 0 aliphatic rings. The van der Waals surface area contributed by atoms with Gasteiger partial charge in [-0.05, 0) is 12.1 Å². The summed E-state index contributed by atoms with van der Waals surface area (Å²) < 4.78 is 36.8. The second-order valence-electron chi connectivity index (χ2n) is 3.75. The normalized spacial score (nSPS) is 11.9. The summed E-state index contributed by atoms with van der Waals surface area (Å²) in [6.45, 7) is 1.83. The summed E-state index contributed by atoms with van der Waals surface area (Å²) in [7, 11) is -3.01. The van der Waals surface area contributed by atoms with Gasteiger partial charge in [0.15, 0.2) is 15.5 Å². The van der Waals surface area contributed by atoms with Gasteiger partial charge < -0.3 is 5.32 Å². The van der Waals surface area contributed by atoms with Crippen LogP contribution in [0.4, 0.5) is 10.3 Å². The minimum Gasteiger partial charge on any atom is -0.352 e. The number of hydrogen-bond donors (Lipinski definition) is 1. The van der Waals surface area contributed by atoms with Gasteiger partial charge in [-0.3, -0.25) is 0 Å². The number of hydrogen-bond acceptors (Lipinski definition) is 5. The van der Waals surface area contributed by atoms with E-state index in [1.165, 1.54) is 22.8 Å². The van der Waals surface area contributed by atoms with E-state index in [0.29, 0.717) is 5.65 Å². The molecule has 0 spiro atoms. The molecule has 0 amide bonds. The third kappa shape index (κ3) is 2.95. The number of nitrogens with one attached hydrogen (secondary N) is 1. The molecular formula is C10H13FN4O2S. The first kappa shape index (κ1) is 12.7. The average Bonchev–Trinajstić information content (AvgIpc) is 2.70. The summed E-state index contributed by atoms with van der Waals surface area (Å²) in [4.78, 5) is 4.08. The van der Waals surface area contributed by atoms with E-state index in [2.05, 4.69) is 15.4 Å². The molecule has 0 saturated carbocycles. The highest BCUT2D eigenvalue weighted by Gasteiger charge is 2.08. The van der Waals surface area contributed by atoms with Gasteiger partial charge in [-0.2, -0.15) is 4.98 Å². The van der Waals surface area contributed by atoms with Crippen molar-refractivity contribution in [2.45, 2.75) is 6.92 Å². The lowest BCUT2D eigenvalue weighted by atomic mass is 10.5. The molecule has 8 heteroatoms. The van der Waals surface area contributed by atoms with E-state index in [-0.39, 0.29) is 24.0 Å². The Kier molecular flexibility index (Phi) is 3.46. The van der Waals surface area contributed by atoms with Crippen molar-refractivity contribution >= 4 is 21.4 Å². The Morgan fingerprint density at radius 2 is 2.22 bits per heavy atom. The van der Waals surface area contributed by atoms with Gasteiger partial charge in [-0.15, -0.1) is 5.10 Å². The number of pyridine rings is 1. The molecule has 6 nitrogen and oxygen atoms in total. The lowest BCUT2D eigenvalue weighted by Crippen LogP contribution is -2.17. The molecule has 2 heterocycles. The van der Waals surface area contributed by atoms with Gasteiger partial charge in [0.05, 0.1) is 11.9 Å². The highest BCUT2D eigenvalue weighted by atomic mass is 32.2. The summed E-state index contributed by atoms with van der Waals surface area (Å²) in [5, 5.41) is 6.78. The second-order valence-corrected chi connectivity index (χ2v) is 6.22. The second kappa shape index (κ2) is 4.89. The first-order chi connectivity index (χ1) is 8.50. The van der Waals surface area contributed by atoms with E-state index in [1.807, 2.05) is 0 Å². The van der Waals surface area contributed by atoms with Gasteiger partial charge in [0.2, 0.25) is 5.95 Å². The van der Waals surface area contributed by atoms with Crippen molar-refractivity contribution in [3.8, 4) is 0 Å². The highest BCUT2D eigenvalue weighted by molar-refractivity contribution is 7.91. The molecule has 2 aromatic heterocycles. The summed E-state index contributed by atoms with van der Waals surface area (Å²) in [5.74, 6) is 0.00531. The van der Waals surface area contributed by atoms with Gasteiger partial charge in [0.25, 0.3) is 0 Å². The average molecular weight is 272 g/mol. The molecule has 0 aliphatic heterocycles. The van der Waals surface area contributed by atoms with E-state index in [1.54, 1.807) is 6.92 Å². The van der Waals surface area contributed by atoms with Crippen LogP contribution < -0.4 is 5.32 Å². The van der Waals surface area contributed by atoms with Crippen molar-refractivity contribution in [3.63, 3.8) is 0 Å². The molecule has 0 unspecified atom stereocenters. The van der Waals surface area contributed by atoms with Gasteiger partial charge in [0.1, 0.15) is 5.82 Å². The van der Waals surface area contributed by atoms with Crippen LogP contribution in [-0.2, 0) is 9.84 Å². The first-order valence-corrected chi connectivity index (χ1v) is 7.28. The number of anilines is 1. The molecule has 0 bridgehead atoms. The van der Waals surface area contributed by atoms with Crippen LogP contribution in [0.1, 0.15) is 6.92 Å². The molecule has 0 aromatic carbocycles. The largest absolute Gasteiger partial charge is 0.352 e. The maximum Gasteiger partial charge on any atom is 0.243 e. The number of sulfone groups is 1. The Balaban J connectivity index is 2.04. The van der Waals surface area contributed by atoms with Gasteiger partial charge in [-0.25, -0.2) is 17.3 Å². The molecule has 0 saturated heterocycles. The highest BCUT2D eigenvalue weighted by Crippen LogP contribution is 2.06. The lowest BCUT2D eigenvalue weighted by Gasteiger charge is -2.01. The minimum absolute atomic E-state index is 0.0212. The molecule has 98 valence electrons. The molecule has 18 heavy (non-hydrogen) atoms. The Morgan fingerprint density at radius 3 is 2.94 bits per heavy atom. The topological polar surface area (TPSA) is 76.4 Å². The van der Waals surface area contributed by atoms with Crippen LogP contribution in [0.3, 0.4) is 0 Å². The van der Waals surface area contributed by atoms with E-state index < -0.39 is 15.7 Å². The monoisotopic (exact) mass is 272 g/mol. The smallest absolute Gasteiger partial charge is 0.243 e. The van der Waals surface area contributed by atoms with Crippen molar-refractivity contribution in [2.75, 3.05) is 23.4 Å². The third-order valence-electron chi connectivity index (χ3n) is 2.43. The molecule has 0 radical (unpaired) electrons. The van der Waals surface area contributed by atoms with Crippen molar-refractivity contribution < 1.29 is 12.8 Å². The van der Waals surface area contributed by atoms with Crippen LogP contribution in [0.15, 0.2) is 18.3 Å². The van der Waals surface area contributed by atoms with Crippen molar-refractivity contribution in [2.24, 2.45) is 0 Å². The SMILES string of the molecule is CCS(=O)(=O)CCNc1nc2ccc(F)cn2n1. The maximum atomic E-state index is 12.9. The van der Waals surface area contributed by atoms with Crippen LogP contribution >= 0.6 is 0 Å². The van der Waals surface area contributed by atoms with Crippen LogP contribution in [-0.4, -0.2) is 41.1 Å². The van der Waals surface area contributed by atoms with E-state index >= 15 is 0 Å². The molecule has 1 N–H and O–H groups in total. The van der Waals surface area contributed by atoms with Crippen molar-refractivity contribution in [1.29, 1.82) is 0 Å². The van der Waals surface area contributed by atoms with Gasteiger partial charge in [0, 0.05) is 12.3 Å². The number of halogens is 1. The first-order valence-electron chi connectivity index (χ1n) is 5.46. The van der Waals surface area contributed by atoms with Gasteiger partial charge in [-0.1, -0.05) is 6.92 Å². The zero-order chi connectivity index (χ0) is 13.2. The molecular weight excluding hydrogens is 259 g/mol. The molecule has 0 atom stereocenters. The van der Waals surface area contributed by atoms with Crippen molar-refractivity contribution in [1.82, 2.24) is 14.6 Å². The van der Waals surface area contributed by atoms with Crippen LogP contribution in [0.5, 0.6) is 0 Å². The Hall–Kier alpha value is -1.70. The molecule has 0 fully saturated rings. The molecule has 2 rings (SSSR count). The Bertz CT molecular complexity index is 653. The third-order valence-corrected chi connectivity index (χ3v) is 4.14. The standard InChI is InChI=1S/C10H13FN4O2S/c1-2-18(16,17)6-5-12-10-13-9-4-3-8(11)7-15(9)14-10/h3-4,7H,2,5-6H2,1H3,(H,12,14). The predicted molar refractivity (Wildman–Crippen MR) is 65.8 cm³/mol. The van der Waals surface area contributed by atoms with Crippen LogP contribution in [0.25, 0.3) is 5.65 Å². The Labute approximate surface area is 104 Å². The van der Waals surface area contributed by atoms with Crippen LogP contribution in [0.2, 0.25) is 0 Å². The van der Waals surface area contributed by atoms with Crippen LogP contribution in [0, 0.1) is 5.82 Å². The lowest BCUT2D eigenvalue weighted by molar-refractivity contribution is 0.597. The molecule has 0 aliphatic carbocycles.